The van der Waals surface area contributed by atoms with Crippen molar-refractivity contribution in [2.24, 2.45) is 5.92 Å². The molecule has 1 aliphatic carbocycles. The molecule has 1 rings (SSSR count). The lowest BCUT2D eigenvalue weighted by atomic mass is 10.4. The van der Waals surface area contributed by atoms with Crippen LogP contribution in [0.2, 0.25) is 0 Å². The van der Waals surface area contributed by atoms with Crippen LogP contribution in [0.1, 0.15) is 19.3 Å². The van der Waals surface area contributed by atoms with Crippen molar-refractivity contribution in [3.05, 3.63) is 0 Å². The van der Waals surface area contributed by atoms with E-state index < -0.39 is 0 Å². The van der Waals surface area contributed by atoms with Crippen molar-refractivity contribution in [2.75, 3.05) is 26.8 Å². The van der Waals surface area contributed by atoms with Crippen LogP contribution in [0, 0.1) is 17.2 Å². The average molecular weight is 196 g/mol. The van der Waals surface area contributed by atoms with Crippen LogP contribution in [0.5, 0.6) is 0 Å². The van der Waals surface area contributed by atoms with Crippen LogP contribution in [0.15, 0.2) is 0 Å². The van der Waals surface area contributed by atoms with E-state index in [0.29, 0.717) is 13.2 Å². The number of carbonyl (C=O) groups excluding carboxylic acids is 1. The van der Waals surface area contributed by atoms with Crippen LogP contribution in [0.3, 0.4) is 0 Å². The summed E-state index contributed by atoms with van der Waals surface area (Å²) in [4.78, 5) is 12.7. The quantitative estimate of drug-likeness (QED) is 0.590. The zero-order chi connectivity index (χ0) is 10.4. The number of hydrogen-bond donors (Lipinski definition) is 0. The molecule has 0 aliphatic heterocycles. The summed E-state index contributed by atoms with van der Waals surface area (Å²) in [6.07, 6.45) is 2.52. The Morgan fingerprint density at radius 3 is 2.93 bits per heavy atom. The molecule has 1 fully saturated rings. The third-order valence-electron chi connectivity index (χ3n) is 2.28. The van der Waals surface area contributed by atoms with Crippen molar-refractivity contribution in [1.82, 2.24) is 4.90 Å². The zero-order valence-corrected chi connectivity index (χ0v) is 8.53. The second-order valence-corrected chi connectivity index (χ2v) is 3.67. The van der Waals surface area contributed by atoms with Gasteiger partial charge in [0.05, 0.1) is 12.7 Å². The Balaban J connectivity index is 1.98. The Labute approximate surface area is 84.4 Å². The molecule has 0 N–H and O–H groups in total. The maximum absolute atomic E-state index is 11.1. The Hall–Kier alpha value is -1.08. The van der Waals surface area contributed by atoms with E-state index in [0.717, 1.165) is 12.5 Å². The molecule has 0 bridgehead atoms. The van der Waals surface area contributed by atoms with Gasteiger partial charge in [-0.3, -0.25) is 4.79 Å². The average Bonchev–Trinajstić information content (AvgIpc) is 2.96. The highest BCUT2D eigenvalue weighted by atomic mass is 16.5. The number of rotatable bonds is 6. The first-order chi connectivity index (χ1) is 6.74. The van der Waals surface area contributed by atoms with Crippen LogP contribution in [0.4, 0.5) is 0 Å². The number of likely N-dealkylation sites (N-methyl/N-ethyl adjacent to an activating group) is 1. The summed E-state index contributed by atoms with van der Waals surface area (Å²) < 4.78 is 5.38. The number of nitrogens with zero attached hydrogens (tertiary/aromatic N) is 2. The van der Waals surface area contributed by atoms with Gasteiger partial charge >= 0.3 is 0 Å². The molecule has 1 saturated carbocycles. The SMILES string of the molecule is CN(CCOCC1CC1)C(=O)CC#N. The number of ether oxygens (including phenoxy) is 1. The van der Waals surface area contributed by atoms with E-state index in [2.05, 4.69) is 0 Å². The van der Waals surface area contributed by atoms with E-state index >= 15 is 0 Å². The summed E-state index contributed by atoms with van der Waals surface area (Å²) in [5.41, 5.74) is 0. The highest BCUT2D eigenvalue weighted by Gasteiger charge is 2.21. The van der Waals surface area contributed by atoms with Crippen LogP contribution in [-0.4, -0.2) is 37.6 Å². The molecule has 1 aliphatic rings. The number of hydrogen-bond acceptors (Lipinski definition) is 3. The smallest absolute Gasteiger partial charge is 0.236 e. The summed E-state index contributed by atoms with van der Waals surface area (Å²) in [6, 6.07) is 1.83. The minimum absolute atomic E-state index is 0.0425. The lowest BCUT2D eigenvalue weighted by Gasteiger charge is -2.15. The molecule has 0 heterocycles. The molecule has 0 aromatic heterocycles. The van der Waals surface area contributed by atoms with Gasteiger partial charge in [-0.15, -0.1) is 0 Å². The molecule has 4 heteroatoms. The van der Waals surface area contributed by atoms with E-state index in [-0.39, 0.29) is 12.3 Å². The van der Waals surface area contributed by atoms with Gasteiger partial charge in [-0.05, 0) is 18.8 Å². The molecule has 78 valence electrons. The predicted molar refractivity (Wildman–Crippen MR) is 51.4 cm³/mol. The summed E-state index contributed by atoms with van der Waals surface area (Å²) in [5, 5.41) is 8.31. The molecule has 0 saturated heterocycles. The molecule has 0 spiro atoms. The maximum Gasteiger partial charge on any atom is 0.236 e. The molecule has 14 heavy (non-hydrogen) atoms. The van der Waals surface area contributed by atoms with Crippen LogP contribution in [-0.2, 0) is 9.53 Å². The monoisotopic (exact) mass is 196 g/mol. The van der Waals surface area contributed by atoms with Gasteiger partial charge < -0.3 is 9.64 Å². The first-order valence-electron chi connectivity index (χ1n) is 4.92. The lowest BCUT2D eigenvalue weighted by Crippen LogP contribution is -2.29. The van der Waals surface area contributed by atoms with Gasteiger partial charge in [-0.25, -0.2) is 0 Å². The third kappa shape index (κ3) is 4.24. The summed E-state index contributed by atoms with van der Waals surface area (Å²) in [5.74, 6) is 0.623. The molecular formula is C10H16N2O2. The van der Waals surface area contributed by atoms with Crippen molar-refractivity contribution < 1.29 is 9.53 Å². The third-order valence-corrected chi connectivity index (χ3v) is 2.28. The summed E-state index contributed by atoms with van der Waals surface area (Å²) in [7, 11) is 1.69. The first-order valence-corrected chi connectivity index (χ1v) is 4.92. The molecular weight excluding hydrogens is 180 g/mol. The fraction of sp³-hybridized carbons (Fsp3) is 0.800. The van der Waals surface area contributed by atoms with Gasteiger partial charge in [0.2, 0.25) is 5.91 Å². The Morgan fingerprint density at radius 2 is 2.36 bits per heavy atom. The normalized spacial score (nSPS) is 14.9. The largest absolute Gasteiger partial charge is 0.379 e. The number of amides is 1. The first kappa shape index (κ1) is 11.0. The van der Waals surface area contributed by atoms with Crippen molar-refractivity contribution in [1.29, 1.82) is 5.26 Å². The van der Waals surface area contributed by atoms with Gasteiger partial charge in [0.1, 0.15) is 6.42 Å². The van der Waals surface area contributed by atoms with E-state index in [9.17, 15) is 4.79 Å². The van der Waals surface area contributed by atoms with Crippen molar-refractivity contribution in [2.45, 2.75) is 19.3 Å². The van der Waals surface area contributed by atoms with Crippen molar-refractivity contribution in [3.63, 3.8) is 0 Å². The van der Waals surface area contributed by atoms with E-state index in [4.69, 9.17) is 10.00 Å². The van der Waals surface area contributed by atoms with Crippen LogP contribution < -0.4 is 0 Å². The number of carbonyl (C=O) groups is 1. The molecule has 0 aromatic rings. The molecule has 0 aromatic carbocycles. The minimum atomic E-state index is -0.137. The molecule has 1 amide bonds. The van der Waals surface area contributed by atoms with E-state index in [1.807, 2.05) is 6.07 Å². The molecule has 0 unspecified atom stereocenters. The van der Waals surface area contributed by atoms with Crippen LogP contribution >= 0.6 is 0 Å². The molecule has 0 radical (unpaired) electrons. The van der Waals surface area contributed by atoms with Gasteiger partial charge in [-0.2, -0.15) is 5.26 Å². The molecule has 4 nitrogen and oxygen atoms in total. The number of nitriles is 1. The van der Waals surface area contributed by atoms with Crippen LogP contribution in [0.25, 0.3) is 0 Å². The Kier molecular flexibility index (Phi) is 4.41. The second-order valence-electron chi connectivity index (χ2n) is 3.67. The second kappa shape index (κ2) is 5.61. The predicted octanol–water partition coefficient (Wildman–Crippen LogP) is 0.785. The van der Waals surface area contributed by atoms with Gasteiger partial charge in [0.25, 0.3) is 0 Å². The zero-order valence-electron chi connectivity index (χ0n) is 8.53. The summed E-state index contributed by atoms with van der Waals surface area (Å²) >= 11 is 0. The molecule has 0 atom stereocenters. The van der Waals surface area contributed by atoms with Gasteiger partial charge in [0.15, 0.2) is 0 Å². The minimum Gasteiger partial charge on any atom is -0.379 e. The van der Waals surface area contributed by atoms with Crippen molar-refractivity contribution >= 4 is 5.91 Å². The lowest BCUT2D eigenvalue weighted by molar-refractivity contribution is -0.129. The fourth-order valence-corrected chi connectivity index (χ4v) is 1.06. The maximum atomic E-state index is 11.1. The van der Waals surface area contributed by atoms with E-state index in [1.54, 1.807) is 7.05 Å². The topological polar surface area (TPSA) is 53.3 Å². The van der Waals surface area contributed by atoms with Gasteiger partial charge in [-0.1, -0.05) is 0 Å². The highest BCUT2D eigenvalue weighted by Crippen LogP contribution is 2.28. The Morgan fingerprint density at radius 1 is 1.64 bits per heavy atom. The van der Waals surface area contributed by atoms with E-state index in [1.165, 1.54) is 17.7 Å². The fourth-order valence-electron chi connectivity index (χ4n) is 1.06. The Bertz CT molecular complexity index is 231. The summed E-state index contributed by atoms with van der Waals surface area (Å²) in [6.45, 7) is 1.97. The highest BCUT2D eigenvalue weighted by molar-refractivity contribution is 5.77. The van der Waals surface area contributed by atoms with Gasteiger partial charge in [0, 0.05) is 20.2 Å². The standard InChI is InChI=1S/C10H16N2O2/c1-12(10(13)4-5-11)6-7-14-8-9-2-3-9/h9H,2-4,6-8H2,1H3. The van der Waals surface area contributed by atoms with Crippen molar-refractivity contribution in [3.8, 4) is 6.07 Å².